The van der Waals surface area contributed by atoms with Crippen molar-refractivity contribution >= 4 is 5.91 Å². The molecule has 2 aliphatic rings. The first-order chi connectivity index (χ1) is 13.1. The van der Waals surface area contributed by atoms with Crippen LogP contribution in [0.5, 0.6) is 11.5 Å². The van der Waals surface area contributed by atoms with Gasteiger partial charge in [0, 0.05) is 23.7 Å². The van der Waals surface area contributed by atoms with E-state index in [1.165, 1.54) is 0 Å². The standard InChI is InChI=1S/C22H24N2O3/c1-15-4-7-18-19(12-15)22(8-10-23-11-9-22)24(21(18)25)14-16-5-6-17(26-2)13-20(16)27-3/h4-8,10,12-13,23H,9,11,14H2,1-3H3. The monoisotopic (exact) mass is 364 g/mol. The number of carbonyl (C=O) groups excluding carboxylic acids is 1. The highest BCUT2D eigenvalue weighted by Crippen LogP contribution is 2.45. The maximum Gasteiger partial charge on any atom is 0.255 e. The van der Waals surface area contributed by atoms with Gasteiger partial charge in [0.1, 0.15) is 11.5 Å². The Morgan fingerprint density at radius 2 is 2.00 bits per heavy atom. The molecular formula is C22H24N2O3. The summed E-state index contributed by atoms with van der Waals surface area (Å²) in [5.74, 6) is 1.52. The summed E-state index contributed by atoms with van der Waals surface area (Å²) >= 11 is 0. The van der Waals surface area contributed by atoms with E-state index < -0.39 is 5.54 Å². The van der Waals surface area contributed by atoms with Gasteiger partial charge in [0.25, 0.3) is 5.91 Å². The van der Waals surface area contributed by atoms with E-state index in [0.29, 0.717) is 6.54 Å². The molecule has 5 heteroatoms. The molecule has 140 valence electrons. The number of hydrogen-bond acceptors (Lipinski definition) is 4. The lowest BCUT2D eigenvalue weighted by molar-refractivity contribution is 0.0588. The second-order valence-electron chi connectivity index (χ2n) is 7.08. The Balaban J connectivity index is 1.79. The first-order valence-corrected chi connectivity index (χ1v) is 9.14. The minimum atomic E-state index is -0.422. The molecule has 5 nitrogen and oxygen atoms in total. The zero-order valence-electron chi connectivity index (χ0n) is 15.9. The van der Waals surface area contributed by atoms with Gasteiger partial charge in [0.2, 0.25) is 0 Å². The normalized spacial score (nSPS) is 20.6. The predicted octanol–water partition coefficient (Wildman–Crippen LogP) is 3.37. The lowest BCUT2D eigenvalue weighted by Crippen LogP contribution is -2.45. The molecule has 1 amide bonds. The summed E-state index contributed by atoms with van der Waals surface area (Å²) in [6.07, 6.45) is 4.92. The maximum absolute atomic E-state index is 13.3. The number of benzene rings is 2. The lowest BCUT2D eigenvalue weighted by atomic mass is 9.84. The number of nitrogens with zero attached hydrogens (tertiary/aromatic N) is 1. The van der Waals surface area contributed by atoms with Crippen LogP contribution in [0, 0.1) is 6.92 Å². The number of hydrogen-bond donors (Lipinski definition) is 1. The quantitative estimate of drug-likeness (QED) is 0.904. The van der Waals surface area contributed by atoms with Crippen molar-refractivity contribution in [2.24, 2.45) is 0 Å². The van der Waals surface area contributed by atoms with Gasteiger partial charge in [-0.05, 0) is 49.4 Å². The van der Waals surface area contributed by atoms with Crippen LogP contribution in [-0.4, -0.2) is 31.6 Å². The van der Waals surface area contributed by atoms with Crippen LogP contribution < -0.4 is 14.8 Å². The molecule has 4 rings (SSSR count). The molecule has 27 heavy (non-hydrogen) atoms. The van der Waals surface area contributed by atoms with Gasteiger partial charge in [-0.3, -0.25) is 4.79 Å². The zero-order chi connectivity index (χ0) is 19.0. The number of nitrogens with one attached hydrogen (secondary N) is 1. The molecule has 0 saturated heterocycles. The van der Waals surface area contributed by atoms with Crippen molar-refractivity contribution in [3.8, 4) is 11.5 Å². The van der Waals surface area contributed by atoms with E-state index in [-0.39, 0.29) is 5.91 Å². The molecule has 0 saturated carbocycles. The van der Waals surface area contributed by atoms with Crippen LogP contribution in [0.15, 0.2) is 48.7 Å². The highest BCUT2D eigenvalue weighted by atomic mass is 16.5. The van der Waals surface area contributed by atoms with Crippen molar-refractivity contribution in [3.05, 3.63) is 70.9 Å². The molecule has 0 aliphatic carbocycles. The molecule has 2 aromatic rings. The molecule has 0 fully saturated rings. The van der Waals surface area contributed by atoms with E-state index >= 15 is 0 Å². The highest BCUT2D eigenvalue weighted by Gasteiger charge is 2.48. The second kappa shape index (κ2) is 6.65. The van der Waals surface area contributed by atoms with Crippen LogP contribution in [0.1, 0.15) is 33.5 Å². The molecule has 2 heterocycles. The van der Waals surface area contributed by atoms with Gasteiger partial charge in [-0.15, -0.1) is 0 Å². The van der Waals surface area contributed by atoms with Crippen LogP contribution in [-0.2, 0) is 12.1 Å². The van der Waals surface area contributed by atoms with E-state index in [1.54, 1.807) is 14.2 Å². The molecule has 1 atom stereocenters. The number of rotatable bonds is 4. The minimum absolute atomic E-state index is 0.0643. The van der Waals surface area contributed by atoms with Crippen molar-refractivity contribution < 1.29 is 14.3 Å². The van der Waals surface area contributed by atoms with Crippen LogP contribution in [0.4, 0.5) is 0 Å². The van der Waals surface area contributed by atoms with E-state index in [9.17, 15) is 4.79 Å². The van der Waals surface area contributed by atoms with Crippen molar-refractivity contribution in [2.45, 2.75) is 25.4 Å². The SMILES string of the molecule is COc1ccc(CN2C(=O)c3ccc(C)cc3C23C=CNCC3)c(OC)c1. The number of methoxy groups -OCH3 is 2. The van der Waals surface area contributed by atoms with Crippen LogP contribution in [0.25, 0.3) is 0 Å². The Kier molecular flexibility index (Phi) is 4.30. The second-order valence-corrected chi connectivity index (χ2v) is 7.08. The molecule has 0 aromatic heterocycles. The van der Waals surface area contributed by atoms with E-state index in [2.05, 4.69) is 24.4 Å². The summed E-state index contributed by atoms with van der Waals surface area (Å²) in [4.78, 5) is 15.3. The molecule has 1 spiro atoms. The van der Waals surface area contributed by atoms with Crippen LogP contribution in [0.3, 0.4) is 0 Å². The number of aryl methyl sites for hydroxylation is 1. The van der Waals surface area contributed by atoms with Crippen molar-refractivity contribution in [2.75, 3.05) is 20.8 Å². The molecule has 2 aromatic carbocycles. The summed E-state index contributed by atoms with van der Waals surface area (Å²) in [5, 5.41) is 3.26. The molecular weight excluding hydrogens is 340 g/mol. The maximum atomic E-state index is 13.3. The highest BCUT2D eigenvalue weighted by molar-refractivity contribution is 6.00. The van der Waals surface area contributed by atoms with E-state index in [0.717, 1.165) is 46.7 Å². The minimum Gasteiger partial charge on any atom is -0.497 e. The summed E-state index contributed by atoms with van der Waals surface area (Å²) in [7, 11) is 3.27. The number of fused-ring (bicyclic) bond motifs is 2. The Bertz CT molecular complexity index is 922. The van der Waals surface area contributed by atoms with Crippen molar-refractivity contribution in [1.29, 1.82) is 0 Å². The third-order valence-corrected chi connectivity index (χ3v) is 5.55. The number of ether oxygens (including phenoxy) is 2. The zero-order valence-corrected chi connectivity index (χ0v) is 15.9. The largest absolute Gasteiger partial charge is 0.497 e. The first kappa shape index (κ1) is 17.5. The van der Waals surface area contributed by atoms with Gasteiger partial charge in [-0.1, -0.05) is 17.7 Å². The Labute approximate surface area is 159 Å². The Hall–Kier alpha value is -2.95. The van der Waals surface area contributed by atoms with Crippen molar-refractivity contribution in [3.63, 3.8) is 0 Å². The van der Waals surface area contributed by atoms with Gasteiger partial charge in [0.15, 0.2) is 0 Å². The molecule has 0 radical (unpaired) electrons. The van der Waals surface area contributed by atoms with Crippen LogP contribution in [0.2, 0.25) is 0 Å². The predicted molar refractivity (Wildman–Crippen MR) is 104 cm³/mol. The van der Waals surface area contributed by atoms with Gasteiger partial charge in [0.05, 0.1) is 26.3 Å². The average Bonchev–Trinajstić information content (AvgIpc) is 2.91. The number of amides is 1. The van der Waals surface area contributed by atoms with Crippen molar-refractivity contribution in [1.82, 2.24) is 10.2 Å². The lowest BCUT2D eigenvalue weighted by Gasteiger charge is -2.39. The smallest absolute Gasteiger partial charge is 0.255 e. The van der Waals surface area contributed by atoms with Gasteiger partial charge in [-0.2, -0.15) is 0 Å². The summed E-state index contributed by atoms with van der Waals surface area (Å²) in [6.45, 7) is 3.37. The molecule has 1 unspecified atom stereocenters. The fourth-order valence-corrected chi connectivity index (χ4v) is 4.12. The fraction of sp³-hybridized carbons (Fsp3) is 0.318. The van der Waals surface area contributed by atoms with E-state index in [1.807, 2.05) is 41.4 Å². The Morgan fingerprint density at radius 3 is 2.70 bits per heavy atom. The first-order valence-electron chi connectivity index (χ1n) is 9.14. The number of carbonyl (C=O) groups is 1. The average molecular weight is 364 g/mol. The molecule has 1 N–H and O–H groups in total. The fourth-order valence-electron chi connectivity index (χ4n) is 4.12. The summed E-state index contributed by atoms with van der Waals surface area (Å²) in [6, 6.07) is 11.8. The van der Waals surface area contributed by atoms with Gasteiger partial charge in [-0.25, -0.2) is 0 Å². The topological polar surface area (TPSA) is 50.8 Å². The summed E-state index contributed by atoms with van der Waals surface area (Å²) < 4.78 is 10.9. The third kappa shape index (κ3) is 2.74. The third-order valence-electron chi connectivity index (χ3n) is 5.55. The Morgan fingerprint density at radius 1 is 1.15 bits per heavy atom. The van der Waals surface area contributed by atoms with Gasteiger partial charge < -0.3 is 19.7 Å². The van der Waals surface area contributed by atoms with Crippen LogP contribution >= 0.6 is 0 Å². The molecule has 2 aliphatic heterocycles. The van der Waals surface area contributed by atoms with E-state index in [4.69, 9.17) is 9.47 Å². The van der Waals surface area contributed by atoms with Gasteiger partial charge >= 0.3 is 0 Å². The summed E-state index contributed by atoms with van der Waals surface area (Å²) in [5.41, 5.74) is 3.59. The molecule has 0 bridgehead atoms.